The highest BCUT2D eigenvalue weighted by Gasteiger charge is 2.22. The van der Waals surface area contributed by atoms with Crippen molar-refractivity contribution in [2.24, 2.45) is 0 Å². The van der Waals surface area contributed by atoms with Crippen molar-refractivity contribution >= 4 is 23.4 Å². The maximum atomic E-state index is 13.1. The molecule has 1 amide bonds. The number of carbonyl (C=O) groups is 1. The number of thioether (sulfide) groups is 1. The summed E-state index contributed by atoms with van der Waals surface area (Å²) in [5, 5.41) is 12.1. The molecule has 0 spiro atoms. The van der Waals surface area contributed by atoms with E-state index in [-0.39, 0.29) is 23.5 Å². The van der Waals surface area contributed by atoms with E-state index in [1.807, 2.05) is 49.6 Å². The van der Waals surface area contributed by atoms with Gasteiger partial charge in [0.1, 0.15) is 11.6 Å². The molecule has 1 atom stereocenters. The Hall–Kier alpha value is -2.87. The van der Waals surface area contributed by atoms with Crippen LogP contribution in [0.1, 0.15) is 64.1 Å². The molecule has 8 heteroatoms. The number of amides is 1. The van der Waals surface area contributed by atoms with E-state index in [1.54, 1.807) is 12.1 Å². The van der Waals surface area contributed by atoms with Gasteiger partial charge in [0.05, 0.1) is 5.75 Å². The van der Waals surface area contributed by atoms with E-state index < -0.39 is 6.10 Å². The van der Waals surface area contributed by atoms with E-state index in [1.165, 1.54) is 29.5 Å². The second-order valence-electron chi connectivity index (χ2n) is 8.13. The number of hydrogen-bond acceptors (Lipinski definition) is 5. The molecule has 6 nitrogen and oxygen atoms in total. The molecule has 1 unspecified atom stereocenters. The highest BCUT2D eigenvalue weighted by Crippen LogP contribution is 2.28. The summed E-state index contributed by atoms with van der Waals surface area (Å²) in [5.41, 5.74) is 2.00. The standard InChI is InChI=1S/C24H29FN4O2S/c1-15(2)18-6-10-20(11-7-18)26-22(30)14-32-24-28-27-23(29(24)16(3)4)17(5)31-21-12-8-19(25)9-13-21/h6-13,15-17H,14H2,1-5H3,(H,26,30). The van der Waals surface area contributed by atoms with Crippen LogP contribution in [0.3, 0.4) is 0 Å². The van der Waals surface area contributed by atoms with Gasteiger partial charge in [0.2, 0.25) is 5.91 Å². The molecule has 0 aliphatic heterocycles. The number of aromatic nitrogens is 3. The number of anilines is 1. The van der Waals surface area contributed by atoms with Crippen LogP contribution in [-0.2, 0) is 4.79 Å². The molecule has 1 heterocycles. The van der Waals surface area contributed by atoms with Gasteiger partial charge < -0.3 is 14.6 Å². The summed E-state index contributed by atoms with van der Waals surface area (Å²) in [6.07, 6.45) is -0.391. The molecule has 3 aromatic rings. The molecular formula is C24H29FN4O2S. The average Bonchev–Trinajstić information content (AvgIpc) is 3.19. The number of halogens is 1. The van der Waals surface area contributed by atoms with Crippen molar-refractivity contribution in [3.8, 4) is 5.75 Å². The van der Waals surface area contributed by atoms with Gasteiger partial charge in [-0.2, -0.15) is 0 Å². The van der Waals surface area contributed by atoms with E-state index in [2.05, 4.69) is 29.4 Å². The Labute approximate surface area is 192 Å². The molecule has 0 bridgehead atoms. The third kappa shape index (κ3) is 6.09. The zero-order valence-electron chi connectivity index (χ0n) is 19.0. The van der Waals surface area contributed by atoms with Crippen LogP contribution in [0.15, 0.2) is 53.7 Å². The molecule has 1 N–H and O–H groups in total. The van der Waals surface area contributed by atoms with Crippen molar-refractivity contribution in [3.63, 3.8) is 0 Å². The zero-order valence-corrected chi connectivity index (χ0v) is 19.8. The van der Waals surface area contributed by atoms with Crippen LogP contribution in [0.2, 0.25) is 0 Å². The second kappa shape index (κ2) is 10.6. The Morgan fingerprint density at radius 2 is 1.69 bits per heavy atom. The minimum absolute atomic E-state index is 0.0772. The van der Waals surface area contributed by atoms with Gasteiger partial charge in [-0.15, -0.1) is 10.2 Å². The number of carbonyl (C=O) groups excluding carboxylic acids is 1. The first-order chi connectivity index (χ1) is 15.2. The molecule has 0 aliphatic rings. The SMILES string of the molecule is CC(C)c1ccc(NC(=O)CSc2nnc(C(C)Oc3ccc(F)cc3)n2C(C)C)cc1. The predicted molar refractivity (Wildman–Crippen MR) is 126 cm³/mol. The van der Waals surface area contributed by atoms with E-state index in [9.17, 15) is 9.18 Å². The number of ether oxygens (including phenoxy) is 1. The molecular weight excluding hydrogens is 427 g/mol. The van der Waals surface area contributed by atoms with E-state index >= 15 is 0 Å². The number of nitrogens with zero attached hydrogens (tertiary/aromatic N) is 3. The lowest BCUT2D eigenvalue weighted by Gasteiger charge is -2.18. The lowest BCUT2D eigenvalue weighted by molar-refractivity contribution is -0.113. The Kier molecular flexibility index (Phi) is 7.90. The summed E-state index contributed by atoms with van der Waals surface area (Å²) in [6, 6.07) is 13.8. The molecule has 170 valence electrons. The first-order valence-corrected chi connectivity index (χ1v) is 11.6. The van der Waals surface area contributed by atoms with Crippen LogP contribution in [0.25, 0.3) is 0 Å². The topological polar surface area (TPSA) is 69.0 Å². The van der Waals surface area contributed by atoms with E-state index in [4.69, 9.17) is 4.74 Å². The molecule has 2 aromatic carbocycles. The van der Waals surface area contributed by atoms with Crippen molar-refractivity contribution in [1.29, 1.82) is 0 Å². The monoisotopic (exact) mass is 456 g/mol. The van der Waals surface area contributed by atoms with Gasteiger partial charge in [0, 0.05) is 11.7 Å². The van der Waals surface area contributed by atoms with Crippen LogP contribution >= 0.6 is 11.8 Å². The molecule has 1 aromatic heterocycles. The number of benzene rings is 2. The van der Waals surface area contributed by atoms with Gasteiger partial charge in [-0.05, 0) is 68.7 Å². The Morgan fingerprint density at radius 1 is 1.03 bits per heavy atom. The van der Waals surface area contributed by atoms with E-state index in [0.717, 1.165) is 5.69 Å². The fourth-order valence-electron chi connectivity index (χ4n) is 3.20. The molecule has 32 heavy (non-hydrogen) atoms. The molecule has 0 saturated heterocycles. The summed E-state index contributed by atoms with van der Waals surface area (Å²) < 4.78 is 21.0. The summed E-state index contributed by atoms with van der Waals surface area (Å²) in [5.74, 6) is 1.43. The highest BCUT2D eigenvalue weighted by molar-refractivity contribution is 7.99. The maximum Gasteiger partial charge on any atom is 0.234 e. The van der Waals surface area contributed by atoms with Gasteiger partial charge in [0.25, 0.3) is 0 Å². The zero-order chi connectivity index (χ0) is 23.3. The number of hydrogen-bond donors (Lipinski definition) is 1. The van der Waals surface area contributed by atoms with Crippen molar-refractivity contribution in [1.82, 2.24) is 14.8 Å². The highest BCUT2D eigenvalue weighted by atomic mass is 32.2. The first kappa shape index (κ1) is 23.8. The molecule has 0 radical (unpaired) electrons. The third-order valence-corrected chi connectivity index (χ3v) is 5.83. The van der Waals surface area contributed by atoms with Crippen LogP contribution < -0.4 is 10.1 Å². The van der Waals surface area contributed by atoms with Crippen LogP contribution in [0, 0.1) is 5.82 Å². The van der Waals surface area contributed by atoms with E-state index in [0.29, 0.717) is 22.6 Å². The summed E-state index contributed by atoms with van der Waals surface area (Å²) in [6.45, 7) is 10.2. The van der Waals surface area contributed by atoms with Gasteiger partial charge in [0.15, 0.2) is 17.1 Å². The first-order valence-electron chi connectivity index (χ1n) is 10.6. The second-order valence-corrected chi connectivity index (χ2v) is 9.07. The van der Waals surface area contributed by atoms with Crippen LogP contribution in [0.5, 0.6) is 5.75 Å². The predicted octanol–water partition coefficient (Wildman–Crippen LogP) is 5.99. The Morgan fingerprint density at radius 3 is 2.28 bits per heavy atom. The van der Waals surface area contributed by atoms with Crippen molar-refractivity contribution < 1.29 is 13.9 Å². The largest absolute Gasteiger partial charge is 0.483 e. The fourth-order valence-corrected chi connectivity index (χ4v) is 4.07. The van der Waals surface area contributed by atoms with Crippen molar-refractivity contribution in [2.75, 3.05) is 11.1 Å². The normalized spacial score (nSPS) is 12.2. The van der Waals surface area contributed by atoms with Crippen LogP contribution in [-0.4, -0.2) is 26.4 Å². The Balaban J connectivity index is 1.64. The smallest absolute Gasteiger partial charge is 0.234 e. The number of nitrogens with one attached hydrogen (secondary N) is 1. The van der Waals surface area contributed by atoms with Gasteiger partial charge in [-0.1, -0.05) is 37.7 Å². The summed E-state index contributed by atoms with van der Waals surface area (Å²) >= 11 is 1.33. The quantitative estimate of drug-likeness (QED) is 0.400. The van der Waals surface area contributed by atoms with Gasteiger partial charge in [-0.25, -0.2) is 4.39 Å². The summed E-state index contributed by atoms with van der Waals surface area (Å²) in [7, 11) is 0. The van der Waals surface area contributed by atoms with Crippen molar-refractivity contribution in [2.45, 2.75) is 57.8 Å². The minimum atomic E-state index is -0.391. The third-order valence-electron chi connectivity index (χ3n) is 4.89. The molecule has 0 aliphatic carbocycles. The molecule has 0 fully saturated rings. The van der Waals surface area contributed by atoms with Gasteiger partial charge in [-0.3, -0.25) is 4.79 Å². The molecule has 0 saturated carbocycles. The number of rotatable bonds is 9. The summed E-state index contributed by atoms with van der Waals surface area (Å²) in [4.78, 5) is 12.5. The molecule has 3 rings (SSSR count). The lowest BCUT2D eigenvalue weighted by Crippen LogP contribution is -2.16. The van der Waals surface area contributed by atoms with Crippen molar-refractivity contribution in [3.05, 3.63) is 65.7 Å². The van der Waals surface area contributed by atoms with Crippen LogP contribution in [0.4, 0.5) is 10.1 Å². The Bertz CT molecular complexity index is 1030. The maximum absolute atomic E-state index is 13.1. The fraction of sp³-hybridized carbons (Fsp3) is 0.375. The lowest BCUT2D eigenvalue weighted by atomic mass is 10.0. The van der Waals surface area contributed by atoms with Gasteiger partial charge >= 0.3 is 0 Å². The minimum Gasteiger partial charge on any atom is -0.483 e. The average molecular weight is 457 g/mol.